The number of aryl methyl sites for hydroxylation is 1. The Morgan fingerprint density at radius 3 is 2.50 bits per heavy atom. The second kappa shape index (κ2) is 7.65. The van der Waals surface area contributed by atoms with E-state index in [0.717, 1.165) is 41.8 Å². The van der Waals surface area contributed by atoms with Gasteiger partial charge in [-0.05, 0) is 50.5 Å². The number of nitrogens with zero attached hydrogens (tertiary/aromatic N) is 2. The van der Waals surface area contributed by atoms with Crippen LogP contribution >= 0.6 is 11.6 Å². The molecular formula is C19H26ClN3O4S. The summed E-state index contributed by atoms with van der Waals surface area (Å²) >= 11 is 6.05. The first kappa shape index (κ1) is 21.1. The minimum absolute atomic E-state index is 0.0567. The Morgan fingerprint density at radius 1 is 1.29 bits per heavy atom. The third-order valence-corrected chi connectivity index (χ3v) is 7.02. The lowest BCUT2D eigenvalue weighted by atomic mass is 9.93. The molecule has 7 nitrogen and oxygen atoms in total. The first-order chi connectivity index (χ1) is 13.0. The minimum atomic E-state index is -3.63. The van der Waals surface area contributed by atoms with Crippen LogP contribution in [0.25, 0.3) is 0 Å². The average molecular weight is 428 g/mol. The minimum Gasteiger partial charge on any atom is -0.351 e. The van der Waals surface area contributed by atoms with Crippen molar-refractivity contribution < 1.29 is 18.0 Å². The highest BCUT2D eigenvalue weighted by Gasteiger charge is 2.51. The second-order valence-corrected chi connectivity index (χ2v) is 10.3. The SMILES string of the molecule is Cc1cc(Cl)ccc1N1C(=O)CN(S(C)(=O)=O)C[C@@]1(C)C(=O)NC1CCCC1. The Hall–Kier alpha value is -1.64. The Bertz CT molecular complexity index is 898. The Kier molecular flexibility index (Phi) is 5.76. The number of hydrogen-bond acceptors (Lipinski definition) is 4. The number of halogens is 1. The van der Waals surface area contributed by atoms with Crippen LogP contribution in [0.1, 0.15) is 38.2 Å². The van der Waals surface area contributed by atoms with E-state index in [0.29, 0.717) is 10.7 Å². The monoisotopic (exact) mass is 427 g/mol. The standard InChI is InChI=1S/C19H26ClN3O4S/c1-13-10-14(20)8-9-16(13)23-17(24)11-22(28(3,26)27)12-19(23,2)18(25)21-15-6-4-5-7-15/h8-10,15H,4-7,11-12H2,1-3H3,(H,21,25)/t19-/m0/s1. The zero-order valence-electron chi connectivity index (χ0n) is 16.4. The van der Waals surface area contributed by atoms with Crippen molar-refractivity contribution in [1.29, 1.82) is 0 Å². The highest BCUT2D eigenvalue weighted by atomic mass is 35.5. The van der Waals surface area contributed by atoms with Crippen LogP contribution in [-0.4, -0.2) is 55.5 Å². The van der Waals surface area contributed by atoms with Gasteiger partial charge in [-0.15, -0.1) is 0 Å². The van der Waals surface area contributed by atoms with Gasteiger partial charge in [-0.3, -0.25) is 14.5 Å². The molecule has 2 fully saturated rings. The van der Waals surface area contributed by atoms with E-state index in [4.69, 9.17) is 11.6 Å². The number of anilines is 1. The quantitative estimate of drug-likeness (QED) is 0.796. The molecule has 3 rings (SSSR count). The van der Waals surface area contributed by atoms with Crippen molar-refractivity contribution in [2.24, 2.45) is 0 Å². The maximum absolute atomic E-state index is 13.3. The summed E-state index contributed by atoms with van der Waals surface area (Å²) < 4.78 is 25.4. The van der Waals surface area contributed by atoms with Crippen LogP contribution in [0.2, 0.25) is 5.02 Å². The van der Waals surface area contributed by atoms with Gasteiger partial charge in [-0.1, -0.05) is 24.4 Å². The number of sulfonamides is 1. The fourth-order valence-corrected chi connectivity index (χ4v) is 5.11. The third kappa shape index (κ3) is 4.04. The number of piperazine rings is 1. The molecule has 28 heavy (non-hydrogen) atoms. The van der Waals surface area contributed by atoms with Crippen molar-refractivity contribution in [1.82, 2.24) is 9.62 Å². The van der Waals surface area contributed by atoms with Gasteiger partial charge in [0, 0.05) is 23.3 Å². The lowest BCUT2D eigenvalue weighted by molar-refractivity contribution is -0.133. The van der Waals surface area contributed by atoms with E-state index in [1.807, 2.05) is 6.92 Å². The fraction of sp³-hybridized carbons (Fsp3) is 0.579. The molecule has 9 heteroatoms. The summed E-state index contributed by atoms with van der Waals surface area (Å²) in [5.41, 5.74) is -0.0558. The van der Waals surface area contributed by atoms with Crippen LogP contribution < -0.4 is 10.2 Å². The number of rotatable bonds is 4. The largest absolute Gasteiger partial charge is 0.351 e. The van der Waals surface area contributed by atoms with Gasteiger partial charge in [0.05, 0.1) is 12.8 Å². The normalized spacial score (nSPS) is 24.6. The number of benzene rings is 1. The van der Waals surface area contributed by atoms with E-state index in [1.54, 1.807) is 25.1 Å². The fourth-order valence-electron chi connectivity index (χ4n) is 4.06. The van der Waals surface area contributed by atoms with Crippen molar-refractivity contribution in [2.75, 3.05) is 24.2 Å². The Labute approximate surface area is 171 Å². The molecule has 1 aliphatic carbocycles. The summed E-state index contributed by atoms with van der Waals surface area (Å²) in [6, 6.07) is 5.14. The number of carbonyl (C=O) groups excluding carboxylic acids is 2. The summed E-state index contributed by atoms with van der Waals surface area (Å²) in [6.45, 7) is 3.04. The van der Waals surface area contributed by atoms with Crippen molar-refractivity contribution >= 4 is 39.1 Å². The lowest BCUT2D eigenvalue weighted by Crippen LogP contribution is -2.70. The Morgan fingerprint density at radius 2 is 1.93 bits per heavy atom. The molecule has 1 N–H and O–H groups in total. The van der Waals surface area contributed by atoms with Crippen molar-refractivity contribution in [3.8, 4) is 0 Å². The molecule has 2 aliphatic rings. The van der Waals surface area contributed by atoms with E-state index in [2.05, 4.69) is 5.32 Å². The highest BCUT2D eigenvalue weighted by molar-refractivity contribution is 7.88. The molecule has 1 saturated heterocycles. The molecule has 1 aliphatic heterocycles. The highest BCUT2D eigenvalue weighted by Crippen LogP contribution is 2.34. The smallest absolute Gasteiger partial charge is 0.247 e. The Balaban J connectivity index is 2.03. The van der Waals surface area contributed by atoms with Gasteiger partial charge in [-0.25, -0.2) is 8.42 Å². The van der Waals surface area contributed by atoms with Gasteiger partial charge in [0.1, 0.15) is 5.54 Å². The van der Waals surface area contributed by atoms with E-state index in [1.165, 1.54) is 4.90 Å². The van der Waals surface area contributed by atoms with Crippen molar-refractivity contribution in [3.63, 3.8) is 0 Å². The zero-order chi connectivity index (χ0) is 20.7. The number of carbonyl (C=O) groups is 2. The van der Waals surface area contributed by atoms with Gasteiger partial charge in [0.2, 0.25) is 21.8 Å². The van der Waals surface area contributed by atoms with Gasteiger partial charge >= 0.3 is 0 Å². The third-order valence-electron chi connectivity index (χ3n) is 5.59. The van der Waals surface area contributed by atoms with Gasteiger partial charge in [0.25, 0.3) is 0 Å². The van der Waals surface area contributed by atoms with Gasteiger partial charge in [-0.2, -0.15) is 4.31 Å². The molecule has 0 aromatic heterocycles. The average Bonchev–Trinajstić information content (AvgIpc) is 3.08. The predicted octanol–water partition coefficient (Wildman–Crippen LogP) is 2.07. The van der Waals surface area contributed by atoms with Crippen LogP contribution in [-0.2, 0) is 19.6 Å². The van der Waals surface area contributed by atoms with Crippen LogP contribution in [0.3, 0.4) is 0 Å². The maximum Gasteiger partial charge on any atom is 0.247 e. The number of amides is 2. The van der Waals surface area contributed by atoms with Crippen molar-refractivity contribution in [2.45, 2.75) is 51.1 Å². The molecule has 1 aromatic rings. The summed E-state index contributed by atoms with van der Waals surface area (Å²) in [6.07, 6.45) is 4.95. The number of nitrogens with one attached hydrogen (secondary N) is 1. The summed E-state index contributed by atoms with van der Waals surface area (Å²) in [7, 11) is -3.63. The molecule has 1 saturated carbocycles. The molecule has 0 unspecified atom stereocenters. The zero-order valence-corrected chi connectivity index (χ0v) is 17.9. The summed E-state index contributed by atoms with van der Waals surface area (Å²) in [4.78, 5) is 27.8. The van der Waals surface area contributed by atoms with Crippen LogP contribution in [0, 0.1) is 6.92 Å². The van der Waals surface area contributed by atoms with Gasteiger partial charge < -0.3 is 5.32 Å². The lowest BCUT2D eigenvalue weighted by Gasteiger charge is -2.47. The first-order valence-corrected chi connectivity index (χ1v) is 11.6. The van der Waals surface area contributed by atoms with E-state index in [-0.39, 0.29) is 25.0 Å². The molecule has 1 aromatic carbocycles. The second-order valence-electron chi connectivity index (χ2n) is 7.92. The van der Waals surface area contributed by atoms with E-state index >= 15 is 0 Å². The van der Waals surface area contributed by atoms with E-state index < -0.39 is 21.5 Å². The molecule has 1 heterocycles. The number of hydrogen-bond donors (Lipinski definition) is 1. The van der Waals surface area contributed by atoms with Crippen LogP contribution in [0.15, 0.2) is 18.2 Å². The molecular weight excluding hydrogens is 402 g/mol. The molecule has 0 bridgehead atoms. The topological polar surface area (TPSA) is 86.8 Å². The van der Waals surface area contributed by atoms with Crippen LogP contribution in [0.5, 0.6) is 0 Å². The first-order valence-electron chi connectivity index (χ1n) is 9.37. The summed E-state index contributed by atoms with van der Waals surface area (Å²) in [5.74, 6) is -0.776. The molecule has 0 spiro atoms. The van der Waals surface area contributed by atoms with Gasteiger partial charge in [0.15, 0.2) is 0 Å². The van der Waals surface area contributed by atoms with Crippen LogP contribution in [0.4, 0.5) is 5.69 Å². The van der Waals surface area contributed by atoms with E-state index in [9.17, 15) is 18.0 Å². The molecule has 154 valence electrons. The predicted molar refractivity (Wildman–Crippen MR) is 109 cm³/mol. The molecule has 2 amide bonds. The molecule has 1 atom stereocenters. The maximum atomic E-state index is 13.3. The molecule has 0 radical (unpaired) electrons. The summed E-state index contributed by atoms with van der Waals surface area (Å²) in [5, 5.41) is 3.56. The van der Waals surface area contributed by atoms with Crippen molar-refractivity contribution in [3.05, 3.63) is 28.8 Å².